The molecule has 0 bridgehead atoms. The Hall–Kier alpha value is -0.870. The minimum absolute atomic E-state index is 0.126. The average Bonchev–Trinajstić information content (AvgIpc) is 3.16. The summed E-state index contributed by atoms with van der Waals surface area (Å²) in [5.74, 6) is 1.59. The zero-order valence-corrected chi connectivity index (χ0v) is 16.7. The van der Waals surface area contributed by atoms with E-state index in [0.717, 1.165) is 56.9 Å². The number of esters is 1. The third kappa shape index (κ3) is 2.32. The summed E-state index contributed by atoms with van der Waals surface area (Å²) in [6, 6.07) is 0. The van der Waals surface area contributed by atoms with E-state index in [-0.39, 0.29) is 28.8 Å². The molecule has 27 heavy (non-hydrogen) atoms. The van der Waals surface area contributed by atoms with Crippen molar-refractivity contribution in [2.45, 2.75) is 83.3 Å². The Balaban J connectivity index is 1.47. The van der Waals surface area contributed by atoms with Gasteiger partial charge < -0.3 is 14.9 Å². The first-order valence-electron chi connectivity index (χ1n) is 11.1. The van der Waals surface area contributed by atoms with Gasteiger partial charge >= 0.3 is 5.97 Å². The van der Waals surface area contributed by atoms with Gasteiger partial charge in [-0.15, -0.1) is 0 Å². The summed E-state index contributed by atoms with van der Waals surface area (Å²) in [7, 11) is 0. The molecule has 0 amide bonds. The van der Waals surface area contributed by atoms with Crippen LogP contribution in [-0.2, 0) is 9.53 Å². The maximum atomic E-state index is 12.1. The van der Waals surface area contributed by atoms with Gasteiger partial charge in [0.2, 0.25) is 0 Å². The van der Waals surface area contributed by atoms with Crippen molar-refractivity contribution in [2.24, 2.45) is 34.5 Å². The fourth-order valence-corrected chi connectivity index (χ4v) is 8.39. The van der Waals surface area contributed by atoms with Crippen LogP contribution in [0.15, 0.2) is 11.6 Å². The monoisotopic (exact) mass is 374 g/mol. The molecule has 2 N–H and O–H groups in total. The topological polar surface area (TPSA) is 66.8 Å². The van der Waals surface area contributed by atoms with Crippen LogP contribution in [0.2, 0.25) is 0 Å². The number of aliphatic hydroxyl groups is 2. The lowest BCUT2D eigenvalue weighted by atomic mass is 9.43. The highest BCUT2D eigenvalue weighted by Gasteiger charge is 2.67. The van der Waals surface area contributed by atoms with Crippen LogP contribution in [0.25, 0.3) is 0 Å². The molecule has 1 aliphatic heterocycles. The first kappa shape index (κ1) is 18.2. The summed E-state index contributed by atoms with van der Waals surface area (Å²) in [5.41, 5.74) is 0.600. The Kier molecular flexibility index (Phi) is 3.92. The molecule has 4 saturated carbocycles. The van der Waals surface area contributed by atoms with Crippen LogP contribution in [0.1, 0.15) is 71.6 Å². The van der Waals surface area contributed by atoms with E-state index in [1.165, 1.54) is 6.42 Å². The number of cyclic esters (lactones) is 1. The van der Waals surface area contributed by atoms with Crippen LogP contribution in [0.5, 0.6) is 0 Å². The van der Waals surface area contributed by atoms with Gasteiger partial charge in [0.1, 0.15) is 6.61 Å². The fraction of sp³-hybridized carbons (Fsp3) is 0.870. The molecule has 150 valence electrons. The van der Waals surface area contributed by atoms with Crippen LogP contribution in [0.4, 0.5) is 0 Å². The molecule has 0 aromatic rings. The Morgan fingerprint density at radius 3 is 2.59 bits per heavy atom. The SMILES string of the molecule is C[C@]12CCC(O)C[C@@H]1CC[C@@H]1[C@@H]2CC[C@]2(C)[C@H](C3=CC(=O)OC3)CC[C@@]12O. The minimum Gasteiger partial charge on any atom is -0.458 e. The van der Waals surface area contributed by atoms with Crippen LogP contribution in [0, 0.1) is 34.5 Å². The Morgan fingerprint density at radius 2 is 1.85 bits per heavy atom. The number of hydrogen-bond donors (Lipinski definition) is 2. The predicted octanol–water partition coefficient (Wildman–Crippen LogP) is 3.60. The molecule has 0 spiro atoms. The van der Waals surface area contributed by atoms with Crippen LogP contribution >= 0.6 is 0 Å². The second kappa shape index (κ2) is 5.82. The number of aliphatic hydroxyl groups excluding tert-OH is 1. The quantitative estimate of drug-likeness (QED) is 0.688. The van der Waals surface area contributed by atoms with Crippen molar-refractivity contribution < 1.29 is 19.7 Å². The first-order chi connectivity index (χ1) is 12.8. The second-order valence-electron chi connectivity index (χ2n) is 10.7. The van der Waals surface area contributed by atoms with E-state index in [1.54, 1.807) is 6.08 Å². The molecule has 4 nitrogen and oxygen atoms in total. The molecular weight excluding hydrogens is 340 g/mol. The fourth-order valence-electron chi connectivity index (χ4n) is 8.39. The Bertz CT molecular complexity index is 686. The van der Waals surface area contributed by atoms with Gasteiger partial charge in [-0.05, 0) is 92.4 Å². The average molecular weight is 375 g/mol. The van der Waals surface area contributed by atoms with Crippen molar-refractivity contribution in [3.63, 3.8) is 0 Å². The highest BCUT2D eigenvalue weighted by Crippen LogP contribution is 2.69. The zero-order valence-electron chi connectivity index (χ0n) is 16.7. The highest BCUT2D eigenvalue weighted by molar-refractivity contribution is 5.85. The van der Waals surface area contributed by atoms with Gasteiger partial charge in [0.05, 0.1) is 11.7 Å². The van der Waals surface area contributed by atoms with E-state index >= 15 is 0 Å². The lowest BCUT2D eigenvalue weighted by Gasteiger charge is -2.63. The largest absolute Gasteiger partial charge is 0.458 e. The molecule has 0 aromatic carbocycles. The van der Waals surface area contributed by atoms with Crippen molar-refractivity contribution in [1.29, 1.82) is 0 Å². The number of carbonyl (C=O) groups is 1. The normalized spacial score (nSPS) is 54.6. The van der Waals surface area contributed by atoms with E-state index < -0.39 is 5.60 Å². The number of carbonyl (C=O) groups excluding carboxylic acids is 1. The molecule has 4 aliphatic carbocycles. The molecule has 4 fully saturated rings. The first-order valence-corrected chi connectivity index (χ1v) is 11.1. The molecule has 4 heteroatoms. The summed E-state index contributed by atoms with van der Waals surface area (Å²) in [6.07, 6.45) is 10.8. The van der Waals surface area contributed by atoms with Crippen molar-refractivity contribution in [1.82, 2.24) is 0 Å². The summed E-state index contributed by atoms with van der Waals surface area (Å²) >= 11 is 0. The predicted molar refractivity (Wildman–Crippen MR) is 102 cm³/mol. The summed E-state index contributed by atoms with van der Waals surface area (Å²) in [5, 5.41) is 22.3. The van der Waals surface area contributed by atoms with Crippen molar-refractivity contribution >= 4 is 5.97 Å². The van der Waals surface area contributed by atoms with Gasteiger partial charge in [-0.25, -0.2) is 4.79 Å². The molecule has 0 saturated heterocycles. The third-order valence-corrected chi connectivity index (χ3v) is 9.96. The molecule has 1 unspecified atom stereocenters. The van der Waals surface area contributed by atoms with Crippen LogP contribution in [-0.4, -0.2) is 34.5 Å². The molecular formula is C23H34O4. The van der Waals surface area contributed by atoms with E-state index in [1.807, 2.05) is 0 Å². The number of hydrogen-bond acceptors (Lipinski definition) is 4. The summed E-state index contributed by atoms with van der Waals surface area (Å²) in [6.45, 7) is 5.15. The lowest BCUT2D eigenvalue weighted by molar-refractivity contribution is -0.208. The molecule has 0 aromatic heterocycles. The van der Waals surface area contributed by atoms with Gasteiger partial charge in [0, 0.05) is 11.5 Å². The third-order valence-electron chi connectivity index (χ3n) is 9.96. The standard InChI is InChI=1S/C23H34O4/c1-21-8-5-16(24)12-15(21)3-4-19-18(21)6-9-22(2)17(7-10-23(19,22)26)14-11-20(25)27-13-14/h11,15-19,24,26H,3-10,12-13H2,1-2H3/t15-,16?,17-,18-,19+,21-,22+,23+/m0/s1. The molecule has 5 aliphatic rings. The highest BCUT2D eigenvalue weighted by atomic mass is 16.5. The molecule has 8 atom stereocenters. The number of fused-ring (bicyclic) bond motifs is 5. The van der Waals surface area contributed by atoms with E-state index in [2.05, 4.69) is 13.8 Å². The Labute approximate surface area is 162 Å². The van der Waals surface area contributed by atoms with Gasteiger partial charge in [0.25, 0.3) is 0 Å². The van der Waals surface area contributed by atoms with Gasteiger partial charge in [0.15, 0.2) is 0 Å². The van der Waals surface area contributed by atoms with E-state index in [0.29, 0.717) is 24.4 Å². The van der Waals surface area contributed by atoms with Crippen molar-refractivity contribution in [3.05, 3.63) is 11.6 Å². The number of ether oxygens (including phenoxy) is 1. The Morgan fingerprint density at radius 1 is 1.04 bits per heavy atom. The molecule has 0 radical (unpaired) electrons. The van der Waals surface area contributed by atoms with E-state index in [4.69, 9.17) is 4.74 Å². The number of rotatable bonds is 1. The summed E-state index contributed by atoms with van der Waals surface area (Å²) in [4.78, 5) is 11.6. The maximum Gasteiger partial charge on any atom is 0.331 e. The van der Waals surface area contributed by atoms with Crippen LogP contribution in [0.3, 0.4) is 0 Å². The second-order valence-corrected chi connectivity index (χ2v) is 10.7. The maximum absolute atomic E-state index is 12.1. The molecule has 1 heterocycles. The summed E-state index contributed by atoms with van der Waals surface area (Å²) < 4.78 is 5.20. The van der Waals surface area contributed by atoms with Gasteiger partial charge in [-0.3, -0.25) is 0 Å². The van der Waals surface area contributed by atoms with Crippen molar-refractivity contribution in [2.75, 3.05) is 6.61 Å². The van der Waals surface area contributed by atoms with Gasteiger partial charge in [-0.2, -0.15) is 0 Å². The lowest BCUT2D eigenvalue weighted by Crippen LogP contribution is -2.62. The minimum atomic E-state index is -0.628. The molecule has 5 rings (SSSR count). The van der Waals surface area contributed by atoms with Crippen LogP contribution < -0.4 is 0 Å². The smallest absolute Gasteiger partial charge is 0.331 e. The van der Waals surface area contributed by atoms with Gasteiger partial charge in [-0.1, -0.05) is 13.8 Å². The van der Waals surface area contributed by atoms with E-state index in [9.17, 15) is 15.0 Å². The zero-order chi connectivity index (χ0) is 19.0. The van der Waals surface area contributed by atoms with Crippen molar-refractivity contribution in [3.8, 4) is 0 Å².